The number of hydrogen-bond donors (Lipinski definition) is 2. The molecular weight excluding hydrogens is 244 g/mol. The average molecular weight is 264 g/mol. The van der Waals surface area contributed by atoms with Gasteiger partial charge in [0.15, 0.2) is 5.60 Å². The predicted molar refractivity (Wildman–Crippen MR) is 69.2 cm³/mol. The fourth-order valence-electron chi connectivity index (χ4n) is 3.91. The molecule has 0 radical (unpaired) electrons. The second kappa shape index (κ2) is 3.70. The number of fused-ring (bicyclic) bond motifs is 3. The lowest BCUT2D eigenvalue weighted by molar-refractivity contribution is -0.175. The van der Waals surface area contributed by atoms with Crippen LogP contribution in [0.1, 0.15) is 33.1 Å². The molecule has 0 aromatic heterocycles. The van der Waals surface area contributed by atoms with Crippen LogP contribution in [0, 0.1) is 11.8 Å². The summed E-state index contributed by atoms with van der Waals surface area (Å²) in [6.45, 7) is 7.57. The summed E-state index contributed by atoms with van der Waals surface area (Å²) >= 11 is 0. The Labute approximate surface area is 112 Å². The van der Waals surface area contributed by atoms with Gasteiger partial charge in [0.25, 0.3) is 0 Å². The Morgan fingerprint density at radius 3 is 2.84 bits per heavy atom. The van der Waals surface area contributed by atoms with Crippen molar-refractivity contribution in [2.45, 2.75) is 50.4 Å². The highest BCUT2D eigenvalue weighted by molar-refractivity contribution is 5.75. The van der Waals surface area contributed by atoms with Gasteiger partial charge in [-0.05, 0) is 30.9 Å². The molecule has 0 unspecified atom stereocenters. The molecule has 0 aromatic carbocycles. The summed E-state index contributed by atoms with van der Waals surface area (Å²) in [6.07, 6.45) is 2.82. The van der Waals surface area contributed by atoms with Gasteiger partial charge in [0.05, 0.1) is 5.92 Å². The molecule has 3 aliphatic rings. The summed E-state index contributed by atoms with van der Waals surface area (Å²) in [7, 11) is 0. The van der Waals surface area contributed by atoms with E-state index in [1.807, 2.05) is 13.0 Å². The van der Waals surface area contributed by atoms with Gasteiger partial charge in [0, 0.05) is 12.3 Å². The highest BCUT2D eigenvalue weighted by Gasteiger charge is 2.66. The molecule has 3 rings (SSSR count). The third-order valence-electron chi connectivity index (χ3n) is 5.36. The van der Waals surface area contributed by atoms with Crippen LogP contribution < -0.4 is 0 Å². The van der Waals surface area contributed by atoms with Crippen LogP contribution in [0.2, 0.25) is 0 Å². The van der Waals surface area contributed by atoms with Crippen LogP contribution in [0.3, 0.4) is 0 Å². The first-order valence-corrected chi connectivity index (χ1v) is 6.83. The first kappa shape index (κ1) is 12.9. The van der Waals surface area contributed by atoms with E-state index in [0.29, 0.717) is 30.4 Å². The molecule has 0 aromatic rings. The van der Waals surface area contributed by atoms with Crippen LogP contribution in [-0.2, 0) is 9.53 Å². The molecule has 2 fully saturated rings. The zero-order valence-electron chi connectivity index (χ0n) is 11.3. The van der Waals surface area contributed by atoms with Gasteiger partial charge in [0.2, 0.25) is 0 Å². The minimum Gasteiger partial charge on any atom is -0.458 e. The summed E-state index contributed by atoms with van der Waals surface area (Å²) in [5.41, 5.74) is -1.61. The molecule has 1 saturated carbocycles. The Morgan fingerprint density at radius 1 is 1.47 bits per heavy atom. The molecule has 19 heavy (non-hydrogen) atoms. The third kappa shape index (κ3) is 1.33. The average Bonchev–Trinajstić information content (AvgIpc) is 2.76. The molecule has 4 nitrogen and oxygen atoms in total. The van der Waals surface area contributed by atoms with Crippen molar-refractivity contribution in [1.29, 1.82) is 0 Å². The van der Waals surface area contributed by atoms with E-state index >= 15 is 0 Å². The summed E-state index contributed by atoms with van der Waals surface area (Å²) in [6, 6.07) is 0. The predicted octanol–water partition coefficient (Wildman–Crippen LogP) is 1.33. The quantitative estimate of drug-likeness (QED) is 0.511. The molecule has 0 spiro atoms. The Hall–Kier alpha value is -1.13. The molecule has 5 atom stereocenters. The van der Waals surface area contributed by atoms with Crippen molar-refractivity contribution < 1.29 is 19.7 Å². The Morgan fingerprint density at radius 2 is 2.16 bits per heavy atom. The van der Waals surface area contributed by atoms with Gasteiger partial charge in [0.1, 0.15) is 11.7 Å². The maximum absolute atomic E-state index is 11.8. The number of carbonyl (C=O) groups is 1. The smallest absolute Gasteiger partial charge is 0.309 e. The molecular formula is C15H20O4. The van der Waals surface area contributed by atoms with Crippen LogP contribution in [0.4, 0.5) is 0 Å². The lowest BCUT2D eigenvalue weighted by Gasteiger charge is -2.43. The number of carbonyl (C=O) groups excluding carboxylic acids is 1. The highest BCUT2D eigenvalue weighted by Crippen LogP contribution is 2.55. The lowest BCUT2D eigenvalue weighted by Crippen LogP contribution is -2.60. The maximum atomic E-state index is 11.8. The molecule has 2 aliphatic carbocycles. The van der Waals surface area contributed by atoms with Crippen molar-refractivity contribution in [1.82, 2.24) is 0 Å². The van der Waals surface area contributed by atoms with Gasteiger partial charge in [-0.25, -0.2) is 0 Å². The fourth-order valence-corrected chi connectivity index (χ4v) is 3.91. The van der Waals surface area contributed by atoms with E-state index in [9.17, 15) is 15.0 Å². The zero-order valence-corrected chi connectivity index (χ0v) is 11.3. The van der Waals surface area contributed by atoms with Crippen molar-refractivity contribution in [2.24, 2.45) is 11.8 Å². The molecule has 0 amide bonds. The summed E-state index contributed by atoms with van der Waals surface area (Å²) in [5, 5.41) is 22.1. The SMILES string of the molecule is C=C1CC[C@H]2[C@@H](C)C(=O)O[C@@H]2[C@@]2(O)C(C)=CC[C@@]12O. The van der Waals surface area contributed by atoms with Crippen molar-refractivity contribution in [3.63, 3.8) is 0 Å². The molecule has 1 heterocycles. The lowest BCUT2D eigenvalue weighted by atomic mass is 9.72. The van der Waals surface area contributed by atoms with E-state index in [1.54, 1.807) is 6.92 Å². The van der Waals surface area contributed by atoms with Crippen LogP contribution in [0.15, 0.2) is 23.8 Å². The van der Waals surface area contributed by atoms with E-state index in [1.165, 1.54) is 0 Å². The first-order chi connectivity index (χ1) is 8.82. The zero-order chi connectivity index (χ0) is 14.0. The van der Waals surface area contributed by atoms with Gasteiger partial charge < -0.3 is 14.9 Å². The molecule has 1 aliphatic heterocycles. The van der Waals surface area contributed by atoms with Gasteiger partial charge in [-0.3, -0.25) is 4.79 Å². The van der Waals surface area contributed by atoms with E-state index in [-0.39, 0.29) is 17.8 Å². The van der Waals surface area contributed by atoms with Crippen molar-refractivity contribution >= 4 is 5.97 Å². The summed E-state index contributed by atoms with van der Waals surface area (Å²) < 4.78 is 5.43. The van der Waals surface area contributed by atoms with Crippen molar-refractivity contribution in [3.8, 4) is 0 Å². The Kier molecular flexibility index (Phi) is 2.51. The number of ether oxygens (including phenoxy) is 1. The number of rotatable bonds is 0. The monoisotopic (exact) mass is 264 g/mol. The van der Waals surface area contributed by atoms with Crippen LogP contribution in [0.25, 0.3) is 0 Å². The van der Waals surface area contributed by atoms with Gasteiger partial charge in [-0.1, -0.05) is 19.6 Å². The molecule has 0 bridgehead atoms. The second-order valence-electron chi connectivity index (χ2n) is 6.17. The van der Waals surface area contributed by atoms with Crippen molar-refractivity contribution in [2.75, 3.05) is 0 Å². The van der Waals surface area contributed by atoms with E-state index in [0.717, 1.165) is 0 Å². The van der Waals surface area contributed by atoms with Gasteiger partial charge >= 0.3 is 5.97 Å². The molecule has 4 heteroatoms. The van der Waals surface area contributed by atoms with Crippen LogP contribution in [-0.4, -0.2) is 33.5 Å². The second-order valence-corrected chi connectivity index (χ2v) is 6.17. The Bertz CT molecular complexity index is 494. The summed E-state index contributed by atoms with van der Waals surface area (Å²) in [4.78, 5) is 11.8. The molecule has 2 N–H and O–H groups in total. The fraction of sp³-hybridized carbons (Fsp3) is 0.667. The van der Waals surface area contributed by atoms with E-state index in [2.05, 4.69) is 6.58 Å². The number of hydrogen-bond acceptors (Lipinski definition) is 4. The topological polar surface area (TPSA) is 66.8 Å². The van der Waals surface area contributed by atoms with E-state index in [4.69, 9.17) is 4.74 Å². The largest absolute Gasteiger partial charge is 0.458 e. The summed E-state index contributed by atoms with van der Waals surface area (Å²) in [5.74, 6) is -0.583. The third-order valence-corrected chi connectivity index (χ3v) is 5.36. The highest BCUT2D eigenvalue weighted by atomic mass is 16.6. The number of esters is 1. The van der Waals surface area contributed by atoms with Gasteiger partial charge in [-0.15, -0.1) is 0 Å². The first-order valence-electron chi connectivity index (χ1n) is 6.83. The van der Waals surface area contributed by atoms with Gasteiger partial charge in [-0.2, -0.15) is 0 Å². The van der Waals surface area contributed by atoms with Crippen LogP contribution in [0.5, 0.6) is 0 Å². The minimum atomic E-state index is -1.52. The minimum absolute atomic E-state index is 0.0651. The Balaban J connectivity index is 2.14. The number of aliphatic hydroxyl groups is 2. The van der Waals surface area contributed by atoms with E-state index < -0.39 is 17.3 Å². The maximum Gasteiger partial charge on any atom is 0.309 e. The normalized spacial score (nSPS) is 49.3. The molecule has 1 saturated heterocycles. The standard InChI is InChI=1S/C15H20O4/c1-8-4-5-11-10(3)13(16)19-12(11)15(18)9(2)6-7-14(8,15)17/h6,10-12,17-18H,1,4-5,7H2,2-3H3/t10-,11+,12+,14-,15+/m1/s1. The van der Waals surface area contributed by atoms with Crippen LogP contribution >= 0.6 is 0 Å². The molecule has 104 valence electrons. The van der Waals surface area contributed by atoms with Crippen molar-refractivity contribution in [3.05, 3.63) is 23.8 Å².